The van der Waals surface area contributed by atoms with Crippen molar-refractivity contribution in [3.8, 4) is 0 Å². The van der Waals surface area contributed by atoms with Crippen molar-refractivity contribution in [3.05, 3.63) is 29.6 Å². The monoisotopic (exact) mass is 320 g/mol. The largest absolute Gasteiger partial charge is 0.393 e. The van der Waals surface area contributed by atoms with E-state index in [4.69, 9.17) is 0 Å². The number of hydrogen-bond acceptors (Lipinski definition) is 3. The van der Waals surface area contributed by atoms with E-state index in [-0.39, 0.29) is 17.8 Å². The topological polar surface area (TPSA) is 43.8 Å². The Hall–Kier alpha value is -1.62. The molecule has 2 heterocycles. The zero-order valence-electron chi connectivity index (χ0n) is 13.7. The first kappa shape index (κ1) is 16.2. The van der Waals surface area contributed by atoms with Gasteiger partial charge < -0.3 is 14.9 Å². The predicted octanol–water partition coefficient (Wildman–Crippen LogP) is 2.80. The van der Waals surface area contributed by atoms with Gasteiger partial charge >= 0.3 is 0 Å². The van der Waals surface area contributed by atoms with E-state index in [9.17, 15) is 14.3 Å². The molecule has 2 aliphatic rings. The van der Waals surface area contributed by atoms with Crippen LogP contribution >= 0.6 is 0 Å². The zero-order chi connectivity index (χ0) is 16.4. The average Bonchev–Trinajstić information content (AvgIpc) is 3.17. The fourth-order valence-electron chi connectivity index (χ4n) is 3.76. The highest BCUT2D eigenvalue weighted by molar-refractivity contribution is 5.95. The van der Waals surface area contributed by atoms with E-state index in [1.807, 2.05) is 4.90 Å². The van der Waals surface area contributed by atoms with Gasteiger partial charge in [0.15, 0.2) is 0 Å². The van der Waals surface area contributed by atoms with Crippen LogP contribution in [0.5, 0.6) is 0 Å². The molecule has 0 bridgehead atoms. The van der Waals surface area contributed by atoms with Crippen molar-refractivity contribution in [2.75, 3.05) is 24.5 Å². The number of aliphatic hydroxyl groups is 1. The van der Waals surface area contributed by atoms with Gasteiger partial charge in [0.05, 0.1) is 11.8 Å². The fraction of sp³-hybridized carbons (Fsp3) is 0.611. The van der Waals surface area contributed by atoms with Gasteiger partial charge in [-0.3, -0.25) is 4.79 Å². The Bertz CT molecular complexity index is 570. The van der Waals surface area contributed by atoms with Crippen molar-refractivity contribution >= 4 is 11.6 Å². The summed E-state index contributed by atoms with van der Waals surface area (Å²) < 4.78 is 14.4. The number of halogens is 1. The van der Waals surface area contributed by atoms with Crippen LogP contribution in [0.25, 0.3) is 0 Å². The molecule has 0 saturated carbocycles. The van der Waals surface area contributed by atoms with Gasteiger partial charge in [0.1, 0.15) is 5.82 Å². The van der Waals surface area contributed by atoms with E-state index >= 15 is 0 Å². The Morgan fingerprint density at radius 2 is 2.04 bits per heavy atom. The number of rotatable bonds is 4. The van der Waals surface area contributed by atoms with Crippen LogP contribution in [0.15, 0.2) is 18.2 Å². The molecule has 2 unspecified atom stereocenters. The van der Waals surface area contributed by atoms with E-state index in [1.54, 1.807) is 24.0 Å². The molecule has 5 heteroatoms. The van der Waals surface area contributed by atoms with Crippen molar-refractivity contribution in [2.24, 2.45) is 0 Å². The van der Waals surface area contributed by atoms with Crippen molar-refractivity contribution in [1.82, 2.24) is 4.90 Å². The van der Waals surface area contributed by atoms with Gasteiger partial charge in [0.2, 0.25) is 0 Å². The lowest BCUT2D eigenvalue weighted by Gasteiger charge is -2.26. The first-order chi connectivity index (χ1) is 11.1. The molecule has 0 spiro atoms. The lowest BCUT2D eigenvalue weighted by atomic mass is 10.1. The van der Waals surface area contributed by atoms with Crippen LogP contribution in [0.4, 0.5) is 10.1 Å². The van der Waals surface area contributed by atoms with Crippen LogP contribution in [0, 0.1) is 5.82 Å². The summed E-state index contributed by atoms with van der Waals surface area (Å²) in [5, 5.41) is 9.58. The number of amides is 1. The second kappa shape index (κ2) is 6.87. The Morgan fingerprint density at radius 3 is 2.70 bits per heavy atom. The molecule has 126 valence electrons. The minimum atomic E-state index is -0.428. The van der Waals surface area contributed by atoms with Gasteiger partial charge in [0, 0.05) is 31.2 Å². The Labute approximate surface area is 136 Å². The average molecular weight is 320 g/mol. The molecule has 3 rings (SSSR count). The lowest BCUT2D eigenvalue weighted by molar-refractivity contribution is 0.0681. The van der Waals surface area contributed by atoms with Crippen LogP contribution < -0.4 is 4.90 Å². The van der Waals surface area contributed by atoms with Crippen molar-refractivity contribution < 1.29 is 14.3 Å². The molecular formula is C18H25FN2O2. The van der Waals surface area contributed by atoms with Gasteiger partial charge in [-0.1, -0.05) is 0 Å². The highest BCUT2D eigenvalue weighted by Gasteiger charge is 2.30. The summed E-state index contributed by atoms with van der Waals surface area (Å²) in [6.45, 7) is 4.19. The normalized spacial score (nSPS) is 22.7. The Morgan fingerprint density at radius 1 is 1.30 bits per heavy atom. The van der Waals surface area contributed by atoms with Crippen LogP contribution in [0.3, 0.4) is 0 Å². The van der Waals surface area contributed by atoms with Gasteiger partial charge in [-0.15, -0.1) is 0 Å². The van der Waals surface area contributed by atoms with E-state index < -0.39 is 6.10 Å². The summed E-state index contributed by atoms with van der Waals surface area (Å²) in [4.78, 5) is 16.5. The molecule has 2 saturated heterocycles. The lowest BCUT2D eigenvalue weighted by Crippen LogP contribution is -2.37. The maximum atomic E-state index is 14.4. The van der Waals surface area contributed by atoms with Gasteiger partial charge in [0.25, 0.3) is 5.91 Å². The third-order valence-corrected chi connectivity index (χ3v) is 4.89. The number of hydrogen-bond donors (Lipinski definition) is 1. The molecule has 0 radical (unpaired) electrons. The number of nitrogens with zero attached hydrogens (tertiary/aromatic N) is 2. The van der Waals surface area contributed by atoms with E-state index in [2.05, 4.69) is 0 Å². The van der Waals surface area contributed by atoms with Crippen molar-refractivity contribution in [2.45, 2.75) is 51.2 Å². The number of benzene rings is 1. The summed E-state index contributed by atoms with van der Waals surface area (Å²) in [7, 11) is 0. The fourth-order valence-corrected chi connectivity index (χ4v) is 3.76. The molecule has 1 amide bonds. The summed E-state index contributed by atoms with van der Waals surface area (Å²) in [6.07, 6.45) is 4.19. The van der Waals surface area contributed by atoms with Crippen LogP contribution in [-0.4, -0.2) is 47.7 Å². The maximum Gasteiger partial charge on any atom is 0.254 e. The predicted molar refractivity (Wildman–Crippen MR) is 88.2 cm³/mol. The van der Waals surface area contributed by atoms with Crippen molar-refractivity contribution in [3.63, 3.8) is 0 Å². The number of aliphatic hydroxyl groups excluding tert-OH is 1. The minimum Gasteiger partial charge on any atom is -0.393 e. The molecule has 4 nitrogen and oxygen atoms in total. The molecule has 23 heavy (non-hydrogen) atoms. The zero-order valence-corrected chi connectivity index (χ0v) is 13.7. The van der Waals surface area contributed by atoms with Crippen LogP contribution in [0.2, 0.25) is 0 Å². The molecule has 2 aliphatic heterocycles. The number of anilines is 1. The quantitative estimate of drug-likeness (QED) is 0.928. The Kier molecular flexibility index (Phi) is 4.85. The highest BCUT2D eigenvalue weighted by atomic mass is 19.1. The molecular weight excluding hydrogens is 295 g/mol. The molecule has 1 aromatic rings. The number of carbonyl (C=O) groups excluding carboxylic acids is 1. The van der Waals surface area contributed by atoms with Gasteiger partial charge in [-0.25, -0.2) is 4.39 Å². The SMILES string of the molecule is CC(O)CC1CCCN1C(=O)c1ccc(N2CCCC2)c(F)c1. The van der Waals surface area contributed by atoms with Gasteiger partial charge in [-0.2, -0.15) is 0 Å². The maximum absolute atomic E-state index is 14.4. The third kappa shape index (κ3) is 3.50. The smallest absolute Gasteiger partial charge is 0.254 e. The molecule has 1 N–H and O–H groups in total. The second-order valence-electron chi connectivity index (χ2n) is 6.74. The first-order valence-electron chi connectivity index (χ1n) is 8.60. The summed E-state index contributed by atoms with van der Waals surface area (Å²) >= 11 is 0. The molecule has 2 atom stereocenters. The Balaban J connectivity index is 1.75. The standard InChI is InChI=1S/C18H25FN2O2/c1-13(22)11-15-5-4-10-21(15)18(23)14-6-7-17(16(19)12-14)20-8-2-3-9-20/h6-7,12-13,15,22H,2-5,8-11H2,1H3. The van der Waals surface area contributed by atoms with Crippen LogP contribution in [-0.2, 0) is 0 Å². The van der Waals surface area contributed by atoms with Gasteiger partial charge in [-0.05, 0) is 57.2 Å². The van der Waals surface area contributed by atoms with Crippen LogP contribution in [0.1, 0.15) is 49.4 Å². The minimum absolute atomic E-state index is 0.0591. The number of carbonyl (C=O) groups is 1. The molecule has 2 fully saturated rings. The molecule has 0 aromatic heterocycles. The summed E-state index contributed by atoms with van der Waals surface area (Å²) in [6, 6.07) is 4.89. The highest BCUT2D eigenvalue weighted by Crippen LogP contribution is 2.27. The van der Waals surface area contributed by atoms with Crippen molar-refractivity contribution in [1.29, 1.82) is 0 Å². The second-order valence-corrected chi connectivity index (χ2v) is 6.74. The summed E-state index contributed by atoms with van der Waals surface area (Å²) in [5.74, 6) is -0.441. The van der Waals surface area contributed by atoms with E-state index in [1.165, 1.54) is 6.07 Å². The van der Waals surface area contributed by atoms with E-state index in [0.29, 0.717) is 24.2 Å². The first-order valence-corrected chi connectivity index (χ1v) is 8.60. The number of likely N-dealkylation sites (tertiary alicyclic amines) is 1. The van der Waals surface area contributed by atoms with E-state index in [0.717, 1.165) is 38.8 Å². The summed E-state index contributed by atoms with van der Waals surface area (Å²) in [5.41, 5.74) is 1.00. The third-order valence-electron chi connectivity index (χ3n) is 4.89. The molecule has 1 aromatic carbocycles. The molecule has 0 aliphatic carbocycles.